The Morgan fingerprint density at radius 1 is 1.05 bits per heavy atom. The van der Waals surface area contributed by atoms with Crippen molar-refractivity contribution in [2.45, 2.75) is 17.8 Å². The molecule has 4 aromatic rings. The summed E-state index contributed by atoms with van der Waals surface area (Å²) in [5, 5.41) is 21.7. The zero-order chi connectivity index (χ0) is 25.1. The van der Waals surface area contributed by atoms with E-state index in [2.05, 4.69) is 67.7 Å². The van der Waals surface area contributed by atoms with E-state index in [1.807, 2.05) is 18.3 Å². The van der Waals surface area contributed by atoms with Crippen LogP contribution >= 0.6 is 0 Å². The number of hydrogen-bond acceptors (Lipinski definition) is 6. The second-order valence-corrected chi connectivity index (χ2v) is 10.4. The number of carbonyl (C=O) groups is 1. The predicted octanol–water partition coefficient (Wildman–Crippen LogP) is 3.96. The van der Waals surface area contributed by atoms with Gasteiger partial charge in [-0.15, -0.1) is 0 Å². The Balaban J connectivity index is 1.10. The van der Waals surface area contributed by atoms with E-state index in [1.54, 1.807) is 18.2 Å². The topological polar surface area (TPSA) is 97.4 Å². The van der Waals surface area contributed by atoms with Crippen LogP contribution in [-0.4, -0.2) is 64.3 Å². The van der Waals surface area contributed by atoms with Crippen molar-refractivity contribution in [1.29, 1.82) is 0 Å². The third-order valence-electron chi connectivity index (χ3n) is 8.15. The van der Waals surface area contributed by atoms with Crippen molar-refractivity contribution in [2.24, 2.45) is 0 Å². The van der Waals surface area contributed by atoms with Crippen LogP contribution < -0.4 is 10.2 Å². The number of benzene rings is 2. The van der Waals surface area contributed by atoms with Crippen molar-refractivity contribution in [2.75, 3.05) is 43.4 Å². The third kappa shape index (κ3) is 3.59. The van der Waals surface area contributed by atoms with E-state index in [9.17, 15) is 9.90 Å². The van der Waals surface area contributed by atoms with E-state index in [4.69, 9.17) is 0 Å². The van der Waals surface area contributed by atoms with Crippen molar-refractivity contribution in [3.05, 3.63) is 77.1 Å². The number of fused-ring (bicyclic) bond motifs is 3. The molecule has 1 amide bonds. The number of nitrogens with zero attached hydrogens (tertiary/aromatic N) is 4. The summed E-state index contributed by atoms with van der Waals surface area (Å²) in [6.45, 7) is 4.12. The lowest BCUT2D eigenvalue weighted by atomic mass is 9.91. The summed E-state index contributed by atoms with van der Waals surface area (Å²) in [6, 6.07) is 15.6. The molecule has 37 heavy (non-hydrogen) atoms. The Labute approximate surface area is 214 Å². The molecular formula is C29H28N6O2. The highest BCUT2D eigenvalue weighted by Gasteiger charge is 2.65. The minimum Gasteiger partial charge on any atom is -0.508 e. The number of likely N-dealkylation sites (N-methyl/N-ethyl adjacent to an activating group) is 1. The van der Waals surface area contributed by atoms with Crippen LogP contribution in [0, 0.1) is 0 Å². The summed E-state index contributed by atoms with van der Waals surface area (Å²) in [4.78, 5) is 22.2. The highest BCUT2D eigenvalue weighted by Crippen LogP contribution is 2.65. The fraction of sp³-hybridized carbons (Fsp3) is 0.276. The highest BCUT2D eigenvalue weighted by molar-refractivity contribution is 6.10. The number of phenolic OH excluding ortho intramolecular Hbond substituents is 1. The second-order valence-electron chi connectivity index (χ2n) is 10.4. The maximum Gasteiger partial charge on any atom is 0.235 e. The molecule has 1 aliphatic carbocycles. The van der Waals surface area contributed by atoms with Crippen LogP contribution in [0.25, 0.3) is 23.1 Å². The largest absolute Gasteiger partial charge is 0.508 e. The number of aromatic nitrogens is 3. The Morgan fingerprint density at radius 3 is 2.73 bits per heavy atom. The number of aromatic amines is 1. The number of carbonyl (C=O) groups excluding carboxylic acids is 1. The number of nitrogens with one attached hydrogen (secondary N) is 2. The summed E-state index contributed by atoms with van der Waals surface area (Å²) in [7, 11) is 2.15. The maximum absolute atomic E-state index is 12.9. The van der Waals surface area contributed by atoms with Gasteiger partial charge in [-0.1, -0.05) is 18.2 Å². The quantitative estimate of drug-likeness (QED) is 0.373. The van der Waals surface area contributed by atoms with E-state index < -0.39 is 5.41 Å². The minimum absolute atomic E-state index is 0.0127. The number of amides is 1. The van der Waals surface area contributed by atoms with E-state index in [0.29, 0.717) is 0 Å². The fourth-order valence-corrected chi connectivity index (χ4v) is 5.88. The molecular weight excluding hydrogens is 464 g/mol. The molecule has 0 bridgehead atoms. The smallest absolute Gasteiger partial charge is 0.235 e. The Bertz CT molecular complexity index is 1550. The van der Waals surface area contributed by atoms with Gasteiger partial charge >= 0.3 is 0 Å². The van der Waals surface area contributed by atoms with Gasteiger partial charge in [0, 0.05) is 49.4 Å². The molecule has 1 spiro atoms. The molecule has 1 saturated carbocycles. The first-order chi connectivity index (χ1) is 18.0. The number of phenols is 1. The fourth-order valence-electron chi connectivity index (χ4n) is 5.88. The normalized spacial score (nSPS) is 23.2. The molecule has 4 heterocycles. The number of piperazine rings is 1. The lowest BCUT2D eigenvalue weighted by molar-refractivity contribution is -0.118. The first-order valence-corrected chi connectivity index (χ1v) is 12.7. The summed E-state index contributed by atoms with van der Waals surface area (Å²) < 4.78 is 0. The summed E-state index contributed by atoms with van der Waals surface area (Å²) in [5.41, 5.74) is 5.03. The molecule has 3 aliphatic rings. The molecule has 2 aliphatic heterocycles. The Morgan fingerprint density at radius 2 is 1.92 bits per heavy atom. The van der Waals surface area contributed by atoms with Crippen LogP contribution in [0.2, 0.25) is 0 Å². The van der Waals surface area contributed by atoms with Crippen LogP contribution in [0.1, 0.15) is 34.7 Å². The molecule has 3 N–H and O–H groups in total. The van der Waals surface area contributed by atoms with Crippen molar-refractivity contribution in [3.8, 4) is 5.75 Å². The average Bonchev–Trinajstić information content (AvgIpc) is 3.46. The SMILES string of the molecule is CN1CCN(c2ccc(/C=C/c3n[nH]c4cc([C@H]5C[C@]56C(=O)Nc5ccc(O)cc56)ccc34)cn2)CC1. The zero-order valence-electron chi connectivity index (χ0n) is 20.6. The Kier molecular flexibility index (Phi) is 4.87. The molecule has 1 saturated heterocycles. The average molecular weight is 493 g/mol. The van der Waals surface area contributed by atoms with E-state index in [-0.39, 0.29) is 17.6 Å². The minimum atomic E-state index is -0.589. The maximum atomic E-state index is 12.9. The van der Waals surface area contributed by atoms with Crippen LogP contribution in [0.5, 0.6) is 5.75 Å². The standard InChI is InChI=1S/C29H28N6O2/c1-34-10-12-35(13-11-34)27-9-3-18(17-30-27)2-7-24-21-6-4-19(14-26(21)33-32-24)23-16-29(23)22-15-20(36)5-8-25(22)31-28(29)37/h2-9,14-15,17,23,36H,10-13,16H2,1H3,(H,31,37)(H,32,33)/b7-2+/t23-,29-/m1/s1. The van der Waals surface area contributed by atoms with Crippen molar-refractivity contribution in [1.82, 2.24) is 20.1 Å². The van der Waals surface area contributed by atoms with Gasteiger partial charge in [0.2, 0.25) is 5.91 Å². The van der Waals surface area contributed by atoms with Gasteiger partial charge in [0.1, 0.15) is 11.6 Å². The summed E-state index contributed by atoms with van der Waals surface area (Å²) in [5.74, 6) is 1.30. The van der Waals surface area contributed by atoms with Gasteiger partial charge in [0.25, 0.3) is 0 Å². The van der Waals surface area contributed by atoms with Gasteiger partial charge in [-0.25, -0.2) is 4.98 Å². The number of rotatable bonds is 4. The van der Waals surface area contributed by atoms with E-state index in [0.717, 1.165) is 77.4 Å². The molecule has 2 atom stereocenters. The van der Waals surface area contributed by atoms with Crippen LogP contribution in [0.3, 0.4) is 0 Å². The number of aromatic hydroxyl groups is 1. The molecule has 8 nitrogen and oxygen atoms in total. The number of hydrogen-bond donors (Lipinski definition) is 3. The molecule has 8 heteroatoms. The molecule has 186 valence electrons. The van der Waals surface area contributed by atoms with E-state index in [1.165, 1.54) is 0 Å². The van der Waals surface area contributed by atoms with Gasteiger partial charge in [-0.3, -0.25) is 9.89 Å². The first kappa shape index (κ1) is 22.1. The van der Waals surface area contributed by atoms with Gasteiger partial charge in [-0.05, 0) is 72.6 Å². The van der Waals surface area contributed by atoms with Crippen molar-refractivity contribution in [3.63, 3.8) is 0 Å². The summed E-state index contributed by atoms with van der Waals surface area (Å²) in [6.07, 6.45) is 6.68. The monoisotopic (exact) mass is 492 g/mol. The van der Waals surface area contributed by atoms with Gasteiger partial charge in [0.05, 0.1) is 16.6 Å². The van der Waals surface area contributed by atoms with Gasteiger partial charge < -0.3 is 20.2 Å². The molecule has 0 radical (unpaired) electrons. The van der Waals surface area contributed by atoms with Gasteiger partial charge in [0.15, 0.2) is 0 Å². The highest BCUT2D eigenvalue weighted by atomic mass is 16.3. The number of anilines is 2. The molecule has 2 fully saturated rings. The lowest BCUT2D eigenvalue weighted by Crippen LogP contribution is -2.44. The zero-order valence-corrected chi connectivity index (χ0v) is 20.6. The van der Waals surface area contributed by atoms with Crippen LogP contribution in [0.15, 0.2) is 54.7 Å². The number of pyridine rings is 1. The lowest BCUT2D eigenvalue weighted by Gasteiger charge is -2.33. The van der Waals surface area contributed by atoms with Crippen molar-refractivity contribution >= 4 is 40.5 Å². The Hall–Kier alpha value is -4.17. The molecule has 7 rings (SSSR count). The van der Waals surface area contributed by atoms with Crippen LogP contribution in [-0.2, 0) is 10.2 Å². The van der Waals surface area contributed by atoms with Crippen LogP contribution in [0.4, 0.5) is 11.5 Å². The third-order valence-corrected chi connectivity index (χ3v) is 8.15. The number of H-pyrrole nitrogens is 1. The molecule has 2 aromatic heterocycles. The second kappa shape index (κ2) is 8.18. The molecule has 0 unspecified atom stereocenters. The van der Waals surface area contributed by atoms with Crippen molar-refractivity contribution < 1.29 is 9.90 Å². The summed E-state index contributed by atoms with van der Waals surface area (Å²) >= 11 is 0. The van der Waals surface area contributed by atoms with Gasteiger partial charge in [-0.2, -0.15) is 5.10 Å². The predicted molar refractivity (Wildman–Crippen MR) is 145 cm³/mol. The van der Waals surface area contributed by atoms with E-state index >= 15 is 0 Å². The molecule has 2 aromatic carbocycles. The first-order valence-electron chi connectivity index (χ1n) is 12.7.